The molecule has 0 saturated carbocycles. The van der Waals surface area contributed by atoms with Crippen LogP contribution in [0.4, 0.5) is 11.5 Å². The zero-order valence-electron chi connectivity index (χ0n) is 18.0. The highest BCUT2D eigenvalue weighted by Gasteiger charge is 2.25. The zero-order valence-corrected chi connectivity index (χ0v) is 18.0. The molecule has 2 aromatic rings. The van der Waals surface area contributed by atoms with Gasteiger partial charge in [-0.15, -0.1) is 0 Å². The van der Waals surface area contributed by atoms with Gasteiger partial charge in [-0.05, 0) is 31.0 Å². The first kappa shape index (κ1) is 22.9. The average Bonchev–Trinajstić information content (AvgIpc) is 3.24. The Bertz CT molecular complexity index is 1120. The van der Waals surface area contributed by atoms with Crippen molar-refractivity contribution in [3.8, 4) is 11.5 Å². The van der Waals surface area contributed by atoms with Gasteiger partial charge in [0.25, 0.3) is 11.5 Å². The number of ether oxygens (including phenoxy) is 3. The largest absolute Gasteiger partial charge is 0.454 e. The number of aromatic amines is 1. The number of nitrogens with zero attached hydrogens (tertiary/aromatic N) is 2. The summed E-state index contributed by atoms with van der Waals surface area (Å²) in [6, 6.07) is 4.54. The van der Waals surface area contributed by atoms with Crippen LogP contribution < -0.4 is 31.4 Å². The topological polar surface area (TPSA) is 146 Å². The second-order valence-corrected chi connectivity index (χ2v) is 7.19. The molecule has 1 aromatic heterocycles. The number of aromatic nitrogens is 2. The molecule has 0 atom stereocenters. The quantitative estimate of drug-likeness (QED) is 0.547. The van der Waals surface area contributed by atoms with Gasteiger partial charge in [-0.3, -0.25) is 19.1 Å². The Morgan fingerprint density at radius 1 is 1.19 bits per heavy atom. The summed E-state index contributed by atoms with van der Waals surface area (Å²) in [5.41, 5.74) is 4.74. The van der Waals surface area contributed by atoms with Crippen molar-refractivity contribution in [2.24, 2.45) is 0 Å². The number of hydrogen-bond acceptors (Lipinski definition) is 8. The van der Waals surface area contributed by atoms with Crippen molar-refractivity contribution in [1.29, 1.82) is 0 Å². The van der Waals surface area contributed by atoms with Crippen molar-refractivity contribution in [3.05, 3.63) is 44.6 Å². The van der Waals surface area contributed by atoms with E-state index in [1.807, 2.05) is 13.8 Å². The number of carbonyl (C=O) groups excluding carboxylic acids is 2. The van der Waals surface area contributed by atoms with Gasteiger partial charge in [0.2, 0.25) is 6.79 Å². The number of anilines is 2. The predicted octanol–water partition coefficient (Wildman–Crippen LogP) is 1.25. The molecule has 0 bridgehead atoms. The summed E-state index contributed by atoms with van der Waals surface area (Å²) in [5, 5.41) is 0. The highest BCUT2D eigenvalue weighted by Crippen LogP contribution is 2.32. The highest BCUT2D eigenvalue weighted by molar-refractivity contribution is 5.98. The third kappa shape index (κ3) is 4.76. The molecule has 1 amide bonds. The number of unbranched alkanes of at least 4 members (excludes halogenated alkanes) is 1. The lowest BCUT2D eigenvalue weighted by Gasteiger charge is -2.24. The maximum atomic E-state index is 12.9. The van der Waals surface area contributed by atoms with Crippen LogP contribution in [0.2, 0.25) is 0 Å². The molecular weight excluding hydrogens is 420 g/mol. The fourth-order valence-corrected chi connectivity index (χ4v) is 3.27. The van der Waals surface area contributed by atoms with Crippen molar-refractivity contribution < 1.29 is 23.8 Å². The lowest BCUT2D eigenvalue weighted by atomic mass is 10.2. The van der Waals surface area contributed by atoms with Crippen LogP contribution in [-0.2, 0) is 16.1 Å². The van der Waals surface area contributed by atoms with Crippen LogP contribution in [0.1, 0.15) is 43.5 Å². The zero-order chi connectivity index (χ0) is 23.3. The maximum Gasteiger partial charge on any atom is 0.338 e. The Kier molecular flexibility index (Phi) is 7.18. The first-order chi connectivity index (χ1) is 15.4. The molecule has 11 nitrogen and oxygen atoms in total. The Balaban J connectivity index is 1.81. The van der Waals surface area contributed by atoms with E-state index in [1.54, 1.807) is 6.07 Å². The van der Waals surface area contributed by atoms with Crippen LogP contribution in [0.5, 0.6) is 11.5 Å². The van der Waals surface area contributed by atoms with Crippen LogP contribution in [0.15, 0.2) is 27.8 Å². The van der Waals surface area contributed by atoms with Crippen molar-refractivity contribution in [2.45, 2.75) is 39.7 Å². The van der Waals surface area contributed by atoms with E-state index in [4.69, 9.17) is 19.9 Å². The lowest BCUT2D eigenvalue weighted by Crippen LogP contribution is -2.43. The summed E-state index contributed by atoms with van der Waals surface area (Å²) in [6.45, 7) is 3.69. The van der Waals surface area contributed by atoms with E-state index in [1.165, 1.54) is 16.7 Å². The molecule has 1 aromatic carbocycles. The first-order valence-corrected chi connectivity index (χ1v) is 10.4. The molecule has 0 radical (unpaired) electrons. The van der Waals surface area contributed by atoms with Gasteiger partial charge < -0.3 is 24.8 Å². The molecule has 3 rings (SSSR count). The molecule has 2 heterocycles. The van der Waals surface area contributed by atoms with Crippen molar-refractivity contribution in [1.82, 2.24) is 9.55 Å². The lowest BCUT2D eigenvalue weighted by molar-refractivity contribution is -0.121. The Hall–Kier alpha value is -3.76. The van der Waals surface area contributed by atoms with Gasteiger partial charge in [0.15, 0.2) is 23.8 Å². The molecule has 0 fully saturated rings. The van der Waals surface area contributed by atoms with E-state index >= 15 is 0 Å². The number of hydrogen-bond donors (Lipinski definition) is 2. The molecule has 1 aliphatic rings. The summed E-state index contributed by atoms with van der Waals surface area (Å²) < 4.78 is 16.8. The number of nitrogens with two attached hydrogens (primary N) is 1. The number of amides is 1. The fourth-order valence-electron chi connectivity index (χ4n) is 3.27. The summed E-state index contributed by atoms with van der Waals surface area (Å²) in [5.74, 6) is -0.545. The minimum atomic E-state index is -0.772. The normalized spacial score (nSPS) is 11.9. The van der Waals surface area contributed by atoms with Gasteiger partial charge in [0, 0.05) is 13.1 Å². The van der Waals surface area contributed by atoms with E-state index in [-0.39, 0.29) is 37.0 Å². The summed E-state index contributed by atoms with van der Waals surface area (Å²) in [7, 11) is 0. The van der Waals surface area contributed by atoms with Gasteiger partial charge in [0.05, 0.1) is 5.56 Å². The number of esters is 1. The van der Waals surface area contributed by atoms with Crippen LogP contribution in [0, 0.1) is 0 Å². The number of benzene rings is 1. The van der Waals surface area contributed by atoms with Gasteiger partial charge in [0.1, 0.15) is 5.82 Å². The minimum absolute atomic E-state index is 0.0643. The second kappa shape index (κ2) is 10.0. The van der Waals surface area contributed by atoms with Crippen molar-refractivity contribution >= 4 is 23.4 Å². The van der Waals surface area contributed by atoms with Crippen molar-refractivity contribution in [2.75, 3.05) is 30.6 Å². The highest BCUT2D eigenvalue weighted by atomic mass is 16.7. The third-order valence-corrected chi connectivity index (χ3v) is 4.90. The predicted molar refractivity (Wildman–Crippen MR) is 116 cm³/mol. The average molecular weight is 446 g/mol. The monoisotopic (exact) mass is 446 g/mol. The second-order valence-electron chi connectivity index (χ2n) is 7.19. The van der Waals surface area contributed by atoms with Gasteiger partial charge in [-0.1, -0.05) is 20.3 Å². The molecule has 0 spiro atoms. The summed E-state index contributed by atoms with van der Waals surface area (Å²) in [4.78, 5) is 53.3. The number of carbonyl (C=O) groups is 2. The van der Waals surface area contributed by atoms with Crippen molar-refractivity contribution in [3.63, 3.8) is 0 Å². The molecule has 1 aliphatic heterocycles. The van der Waals surface area contributed by atoms with Crippen LogP contribution >= 0.6 is 0 Å². The summed E-state index contributed by atoms with van der Waals surface area (Å²) in [6.07, 6.45) is 1.92. The summed E-state index contributed by atoms with van der Waals surface area (Å²) >= 11 is 0. The molecule has 32 heavy (non-hydrogen) atoms. The number of rotatable bonds is 9. The number of nitrogen functional groups attached to an aromatic ring is 1. The number of fused-ring (bicyclic) bond motifs is 1. The van der Waals surface area contributed by atoms with E-state index in [2.05, 4.69) is 4.98 Å². The molecule has 11 heteroatoms. The van der Waals surface area contributed by atoms with Crippen LogP contribution in [0.25, 0.3) is 0 Å². The molecule has 0 saturated heterocycles. The Labute approximate surface area is 183 Å². The minimum Gasteiger partial charge on any atom is -0.454 e. The molecule has 172 valence electrons. The Morgan fingerprint density at radius 2 is 1.94 bits per heavy atom. The van der Waals surface area contributed by atoms with E-state index in [0.29, 0.717) is 24.3 Å². The van der Waals surface area contributed by atoms with E-state index < -0.39 is 29.7 Å². The van der Waals surface area contributed by atoms with Crippen LogP contribution in [-0.4, -0.2) is 41.4 Å². The number of H-pyrrole nitrogens is 1. The first-order valence-electron chi connectivity index (χ1n) is 10.4. The molecule has 0 aliphatic carbocycles. The third-order valence-electron chi connectivity index (χ3n) is 4.90. The number of nitrogens with one attached hydrogen (secondary N) is 1. The Morgan fingerprint density at radius 3 is 2.66 bits per heavy atom. The standard InChI is InChI=1S/C21H26N4O7/c1-3-5-9-24(17-18(22)25(8-4-2)21(29)23-19(17)27)16(26)11-30-20(28)13-6-7-14-15(10-13)32-12-31-14/h6-7,10H,3-5,8-9,11-12,22H2,1-2H3,(H,23,27,29). The maximum absolute atomic E-state index is 12.9. The van der Waals surface area contributed by atoms with Gasteiger partial charge >= 0.3 is 11.7 Å². The SMILES string of the molecule is CCCCN(C(=O)COC(=O)c1ccc2c(c1)OCO2)c1c(N)n(CCC)c(=O)[nH]c1=O. The van der Waals surface area contributed by atoms with Crippen LogP contribution in [0.3, 0.4) is 0 Å². The van der Waals surface area contributed by atoms with Gasteiger partial charge in [-0.25, -0.2) is 9.59 Å². The van der Waals surface area contributed by atoms with E-state index in [0.717, 1.165) is 11.3 Å². The van der Waals surface area contributed by atoms with E-state index in [9.17, 15) is 19.2 Å². The smallest absolute Gasteiger partial charge is 0.338 e. The molecule has 3 N–H and O–H groups in total. The molecule has 0 unspecified atom stereocenters. The molecular formula is C21H26N4O7. The van der Waals surface area contributed by atoms with Gasteiger partial charge in [-0.2, -0.15) is 0 Å². The fraction of sp³-hybridized carbons (Fsp3) is 0.429.